The van der Waals surface area contributed by atoms with Crippen LogP contribution in [0.3, 0.4) is 0 Å². The number of rotatable bonds is 3. The fraction of sp³-hybridized carbons (Fsp3) is 0.389. The van der Waals surface area contributed by atoms with Gasteiger partial charge in [0.1, 0.15) is 0 Å². The lowest BCUT2D eigenvalue weighted by Crippen LogP contribution is -2.35. The van der Waals surface area contributed by atoms with Crippen molar-refractivity contribution in [3.8, 4) is 0 Å². The molecule has 2 heterocycles. The molecule has 0 N–H and O–H groups in total. The van der Waals surface area contributed by atoms with Crippen molar-refractivity contribution >= 4 is 28.8 Å². The first-order valence-electron chi connectivity index (χ1n) is 7.78. The molecule has 22 heavy (non-hydrogen) atoms. The largest absolute Gasteiger partial charge is 0.342 e. The number of amides is 1. The zero-order valence-electron chi connectivity index (χ0n) is 12.5. The van der Waals surface area contributed by atoms with Gasteiger partial charge in [0.25, 0.3) is 0 Å². The molecule has 1 aliphatic rings. The van der Waals surface area contributed by atoms with E-state index in [0.717, 1.165) is 35.8 Å². The first-order valence-corrected chi connectivity index (χ1v) is 9.04. The maximum atomic E-state index is 12.6. The first-order chi connectivity index (χ1) is 10.7. The third-order valence-corrected chi connectivity index (χ3v) is 5.40. The van der Waals surface area contributed by atoms with Crippen LogP contribution in [0.4, 0.5) is 0 Å². The second-order valence-corrected chi connectivity index (χ2v) is 7.31. The summed E-state index contributed by atoms with van der Waals surface area (Å²) >= 11 is 7.64. The standard InChI is InChI=1S/C18H20ClNOS/c19-16-8-6-14(7-9-16)15-4-1-2-10-20(13-15)18(21)12-17-5-3-11-22-17/h3,5-9,11,15H,1-2,4,10,12-13H2. The van der Waals surface area contributed by atoms with E-state index in [4.69, 9.17) is 11.6 Å². The van der Waals surface area contributed by atoms with Crippen LogP contribution in [0.15, 0.2) is 41.8 Å². The van der Waals surface area contributed by atoms with Gasteiger partial charge in [0, 0.05) is 28.9 Å². The Morgan fingerprint density at radius 1 is 1.23 bits per heavy atom. The van der Waals surface area contributed by atoms with Gasteiger partial charge in [0.15, 0.2) is 0 Å². The highest BCUT2D eigenvalue weighted by atomic mass is 35.5. The van der Waals surface area contributed by atoms with Crippen molar-refractivity contribution in [2.75, 3.05) is 13.1 Å². The quantitative estimate of drug-likeness (QED) is 0.794. The van der Waals surface area contributed by atoms with E-state index in [9.17, 15) is 4.79 Å². The number of hydrogen-bond donors (Lipinski definition) is 0. The van der Waals surface area contributed by atoms with Gasteiger partial charge in [-0.05, 0) is 42.0 Å². The second kappa shape index (κ2) is 7.30. The van der Waals surface area contributed by atoms with Gasteiger partial charge in [0.2, 0.25) is 5.91 Å². The van der Waals surface area contributed by atoms with Crippen LogP contribution >= 0.6 is 22.9 Å². The van der Waals surface area contributed by atoms with Crippen molar-refractivity contribution in [3.05, 3.63) is 57.2 Å². The summed E-state index contributed by atoms with van der Waals surface area (Å²) in [6, 6.07) is 12.1. The molecule has 0 saturated carbocycles. The topological polar surface area (TPSA) is 20.3 Å². The van der Waals surface area contributed by atoms with Crippen LogP contribution in [0, 0.1) is 0 Å². The van der Waals surface area contributed by atoms with E-state index in [0.29, 0.717) is 12.3 Å². The van der Waals surface area contributed by atoms with Crippen molar-refractivity contribution < 1.29 is 4.79 Å². The molecule has 0 aliphatic carbocycles. The Hall–Kier alpha value is -1.32. The summed E-state index contributed by atoms with van der Waals surface area (Å²) in [7, 11) is 0. The molecular formula is C18H20ClNOS. The Kier molecular flexibility index (Phi) is 5.16. The van der Waals surface area contributed by atoms with Gasteiger partial charge in [-0.15, -0.1) is 11.3 Å². The van der Waals surface area contributed by atoms with E-state index in [-0.39, 0.29) is 5.91 Å². The summed E-state index contributed by atoms with van der Waals surface area (Å²) in [5.41, 5.74) is 1.29. The molecule has 1 saturated heterocycles. The molecular weight excluding hydrogens is 314 g/mol. The maximum absolute atomic E-state index is 12.6. The fourth-order valence-corrected chi connectivity index (χ4v) is 3.87. The van der Waals surface area contributed by atoms with Gasteiger partial charge >= 0.3 is 0 Å². The number of carbonyl (C=O) groups is 1. The Morgan fingerprint density at radius 2 is 2.05 bits per heavy atom. The van der Waals surface area contributed by atoms with E-state index < -0.39 is 0 Å². The Balaban J connectivity index is 1.69. The zero-order valence-corrected chi connectivity index (χ0v) is 14.1. The summed E-state index contributed by atoms with van der Waals surface area (Å²) in [5, 5.41) is 2.80. The molecule has 1 aromatic carbocycles. The molecule has 1 fully saturated rings. The highest BCUT2D eigenvalue weighted by Crippen LogP contribution is 2.28. The average molecular weight is 334 g/mol. The molecule has 0 bridgehead atoms. The number of carbonyl (C=O) groups excluding carboxylic acids is 1. The van der Waals surface area contributed by atoms with Gasteiger partial charge in [-0.25, -0.2) is 0 Å². The summed E-state index contributed by atoms with van der Waals surface area (Å²) < 4.78 is 0. The van der Waals surface area contributed by atoms with Crippen LogP contribution in [0.2, 0.25) is 5.02 Å². The molecule has 1 atom stereocenters. The highest BCUT2D eigenvalue weighted by Gasteiger charge is 2.23. The van der Waals surface area contributed by atoms with Crippen LogP contribution in [-0.4, -0.2) is 23.9 Å². The first kappa shape index (κ1) is 15.6. The summed E-state index contributed by atoms with van der Waals surface area (Å²) in [5.74, 6) is 0.676. The summed E-state index contributed by atoms with van der Waals surface area (Å²) in [6.45, 7) is 1.71. The minimum absolute atomic E-state index is 0.253. The van der Waals surface area contributed by atoms with E-state index in [2.05, 4.69) is 12.1 Å². The molecule has 2 nitrogen and oxygen atoms in total. The monoisotopic (exact) mass is 333 g/mol. The fourth-order valence-electron chi connectivity index (χ4n) is 3.05. The van der Waals surface area contributed by atoms with Crippen LogP contribution in [0.1, 0.15) is 35.6 Å². The molecule has 3 rings (SSSR count). The van der Waals surface area contributed by atoms with Gasteiger partial charge in [-0.1, -0.05) is 36.2 Å². The number of hydrogen-bond acceptors (Lipinski definition) is 2. The number of nitrogens with zero attached hydrogens (tertiary/aromatic N) is 1. The van der Waals surface area contributed by atoms with Crippen molar-refractivity contribution in [1.29, 1.82) is 0 Å². The van der Waals surface area contributed by atoms with Crippen LogP contribution in [0.25, 0.3) is 0 Å². The van der Waals surface area contributed by atoms with Crippen molar-refractivity contribution in [1.82, 2.24) is 4.90 Å². The normalized spacial score (nSPS) is 19.0. The molecule has 1 aliphatic heterocycles. The van der Waals surface area contributed by atoms with E-state index >= 15 is 0 Å². The zero-order chi connectivity index (χ0) is 15.4. The third-order valence-electron chi connectivity index (χ3n) is 4.27. The molecule has 0 spiro atoms. The van der Waals surface area contributed by atoms with Gasteiger partial charge < -0.3 is 4.90 Å². The van der Waals surface area contributed by atoms with Crippen LogP contribution in [-0.2, 0) is 11.2 Å². The van der Waals surface area contributed by atoms with Crippen molar-refractivity contribution in [3.63, 3.8) is 0 Å². The summed E-state index contributed by atoms with van der Waals surface area (Å²) in [6.07, 6.45) is 3.95. The maximum Gasteiger partial charge on any atom is 0.227 e. The third kappa shape index (κ3) is 3.90. The smallest absolute Gasteiger partial charge is 0.227 e. The van der Waals surface area contributed by atoms with E-state index in [1.54, 1.807) is 11.3 Å². The molecule has 0 radical (unpaired) electrons. The number of halogens is 1. The van der Waals surface area contributed by atoms with Crippen molar-refractivity contribution in [2.45, 2.75) is 31.6 Å². The Labute approximate surface area is 140 Å². The van der Waals surface area contributed by atoms with E-state index in [1.807, 2.05) is 34.5 Å². The van der Waals surface area contributed by atoms with Crippen LogP contribution in [0.5, 0.6) is 0 Å². The number of likely N-dealkylation sites (tertiary alicyclic amines) is 1. The number of thiophene rings is 1. The van der Waals surface area contributed by atoms with Gasteiger partial charge in [-0.3, -0.25) is 4.79 Å². The van der Waals surface area contributed by atoms with Gasteiger partial charge in [-0.2, -0.15) is 0 Å². The highest BCUT2D eigenvalue weighted by molar-refractivity contribution is 7.10. The summed E-state index contributed by atoms with van der Waals surface area (Å²) in [4.78, 5) is 15.8. The molecule has 1 aromatic heterocycles. The predicted octanol–water partition coefficient (Wildman–Crippen LogP) is 4.74. The SMILES string of the molecule is O=C(Cc1cccs1)N1CCCCC(c2ccc(Cl)cc2)C1. The second-order valence-electron chi connectivity index (χ2n) is 5.84. The minimum atomic E-state index is 0.253. The van der Waals surface area contributed by atoms with Crippen LogP contribution < -0.4 is 0 Å². The number of benzene rings is 1. The van der Waals surface area contributed by atoms with Crippen molar-refractivity contribution in [2.24, 2.45) is 0 Å². The Morgan fingerprint density at radius 3 is 2.77 bits per heavy atom. The average Bonchev–Trinajstić information content (AvgIpc) is 2.90. The molecule has 1 unspecified atom stereocenters. The Bertz CT molecular complexity index is 609. The molecule has 1 amide bonds. The van der Waals surface area contributed by atoms with E-state index in [1.165, 1.54) is 12.0 Å². The molecule has 4 heteroatoms. The lowest BCUT2D eigenvalue weighted by Gasteiger charge is -2.25. The minimum Gasteiger partial charge on any atom is -0.342 e. The predicted molar refractivity (Wildman–Crippen MR) is 92.6 cm³/mol. The molecule has 2 aromatic rings. The lowest BCUT2D eigenvalue weighted by molar-refractivity contribution is -0.130. The molecule has 116 valence electrons. The van der Waals surface area contributed by atoms with Gasteiger partial charge in [0.05, 0.1) is 6.42 Å². The lowest BCUT2D eigenvalue weighted by atomic mass is 9.94.